The van der Waals surface area contributed by atoms with Crippen molar-refractivity contribution in [3.8, 4) is 5.88 Å². The van der Waals surface area contributed by atoms with Crippen molar-refractivity contribution in [1.82, 2.24) is 4.57 Å². The van der Waals surface area contributed by atoms with E-state index in [0.717, 1.165) is 35.5 Å². The van der Waals surface area contributed by atoms with Gasteiger partial charge in [-0.2, -0.15) is 0 Å². The van der Waals surface area contributed by atoms with Gasteiger partial charge in [-0.25, -0.2) is 13.8 Å². The van der Waals surface area contributed by atoms with Gasteiger partial charge in [-0.05, 0) is 43.7 Å². The highest BCUT2D eigenvalue weighted by molar-refractivity contribution is 6.14. The van der Waals surface area contributed by atoms with Gasteiger partial charge >= 0.3 is 6.03 Å². The first-order valence-electron chi connectivity index (χ1n) is 12.4. The van der Waals surface area contributed by atoms with Crippen LogP contribution in [0.15, 0.2) is 42.5 Å². The van der Waals surface area contributed by atoms with E-state index in [2.05, 4.69) is 12.2 Å². The van der Waals surface area contributed by atoms with E-state index in [0.29, 0.717) is 12.3 Å². The molecule has 0 aliphatic carbocycles. The van der Waals surface area contributed by atoms with Gasteiger partial charge < -0.3 is 15.2 Å². The number of benzene rings is 2. The quantitative estimate of drug-likeness (QED) is 0.199. The Kier molecular flexibility index (Phi) is 9.85. The number of hydrogen-bond acceptors (Lipinski definition) is 4. The van der Waals surface area contributed by atoms with E-state index in [1.165, 1.54) is 44.2 Å². The van der Waals surface area contributed by atoms with Crippen molar-refractivity contribution in [2.45, 2.75) is 65.2 Å². The van der Waals surface area contributed by atoms with Gasteiger partial charge in [0.2, 0.25) is 5.88 Å². The third-order valence-corrected chi connectivity index (χ3v) is 6.06. The summed E-state index contributed by atoms with van der Waals surface area (Å²) in [5.74, 6) is -1.60. The number of carbonyl (C=O) groups excluding carboxylic acids is 2. The zero-order valence-corrected chi connectivity index (χ0v) is 20.6. The maximum Gasteiger partial charge on any atom is 0.333 e. The van der Waals surface area contributed by atoms with Crippen LogP contribution in [0.3, 0.4) is 0 Å². The number of halogens is 1. The number of aromatic hydroxyl groups is 1. The predicted molar refractivity (Wildman–Crippen MR) is 137 cm³/mol. The number of rotatable bonds is 13. The summed E-state index contributed by atoms with van der Waals surface area (Å²) in [6.07, 6.45) is 9.30. The molecule has 188 valence electrons. The molecule has 0 bridgehead atoms. The van der Waals surface area contributed by atoms with Crippen molar-refractivity contribution >= 4 is 28.4 Å². The van der Waals surface area contributed by atoms with Crippen LogP contribution in [-0.2, 0) is 4.74 Å². The third kappa shape index (κ3) is 7.15. The number of aromatic nitrogens is 1. The van der Waals surface area contributed by atoms with Crippen LogP contribution in [0.4, 0.5) is 14.9 Å². The number of carbonyl (C=O) groups is 2. The van der Waals surface area contributed by atoms with Gasteiger partial charge in [-0.1, -0.05) is 69.6 Å². The van der Waals surface area contributed by atoms with E-state index >= 15 is 0 Å². The molecule has 0 aliphatic rings. The Hall–Kier alpha value is -3.19. The number of nitrogens with one attached hydrogen (secondary N) is 1. The van der Waals surface area contributed by atoms with E-state index in [-0.39, 0.29) is 23.1 Å². The molecule has 0 atom stereocenters. The highest BCUT2D eigenvalue weighted by atomic mass is 19.1. The summed E-state index contributed by atoms with van der Waals surface area (Å²) in [5.41, 5.74) is 1.69. The monoisotopic (exact) mass is 482 g/mol. The first kappa shape index (κ1) is 26.4. The number of anilines is 1. The van der Waals surface area contributed by atoms with Gasteiger partial charge in [-0.15, -0.1) is 0 Å². The van der Waals surface area contributed by atoms with Crippen LogP contribution in [0.5, 0.6) is 5.88 Å². The van der Waals surface area contributed by atoms with Crippen molar-refractivity contribution in [2.75, 3.05) is 18.5 Å². The van der Waals surface area contributed by atoms with Crippen LogP contribution < -0.4 is 5.32 Å². The molecule has 0 radical (unpaired) electrons. The van der Waals surface area contributed by atoms with E-state index < -0.39 is 23.5 Å². The van der Waals surface area contributed by atoms with Crippen molar-refractivity contribution in [3.63, 3.8) is 0 Å². The van der Waals surface area contributed by atoms with Crippen molar-refractivity contribution in [2.24, 2.45) is 0 Å². The van der Waals surface area contributed by atoms with Gasteiger partial charge in [0.1, 0.15) is 12.4 Å². The van der Waals surface area contributed by atoms with E-state index in [4.69, 9.17) is 4.74 Å². The number of ether oxygens (including phenoxy) is 1. The molecule has 6 nitrogen and oxygen atoms in total. The molecule has 3 rings (SSSR count). The van der Waals surface area contributed by atoms with Gasteiger partial charge in [0.15, 0.2) is 5.78 Å². The first-order chi connectivity index (χ1) is 16.9. The van der Waals surface area contributed by atoms with Crippen LogP contribution in [-0.4, -0.2) is 34.7 Å². The Morgan fingerprint density at radius 3 is 2.31 bits per heavy atom. The molecule has 0 unspecified atom stereocenters. The normalized spacial score (nSPS) is 11.2. The third-order valence-electron chi connectivity index (χ3n) is 6.06. The lowest BCUT2D eigenvalue weighted by Gasteiger charge is -2.09. The second-order valence-corrected chi connectivity index (χ2v) is 8.94. The molecule has 35 heavy (non-hydrogen) atoms. The Balaban J connectivity index is 1.64. The van der Waals surface area contributed by atoms with E-state index in [1.807, 2.05) is 19.1 Å². The molecule has 2 aromatic carbocycles. The molecule has 7 heteroatoms. The van der Waals surface area contributed by atoms with Crippen molar-refractivity contribution in [3.05, 3.63) is 59.4 Å². The van der Waals surface area contributed by atoms with Crippen LogP contribution in [0.2, 0.25) is 0 Å². The number of amides is 1. The second-order valence-electron chi connectivity index (χ2n) is 8.94. The lowest BCUT2D eigenvalue weighted by Crippen LogP contribution is -2.19. The van der Waals surface area contributed by atoms with Crippen LogP contribution in [0, 0.1) is 12.7 Å². The molecule has 0 saturated carbocycles. The van der Waals surface area contributed by atoms with E-state index in [1.54, 1.807) is 12.1 Å². The zero-order valence-electron chi connectivity index (χ0n) is 20.6. The lowest BCUT2D eigenvalue weighted by molar-refractivity contribution is 0.0751. The Morgan fingerprint density at radius 2 is 1.63 bits per heavy atom. The Bertz CT molecular complexity index is 1140. The van der Waals surface area contributed by atoms with Crippen LogP contribution >= 0.6 is 0 Å². The van der Waals surface area contributed by atoms with Crippen LogP contribution in [0.1, 0.15) is 74.2 Å². The molecule has 2 N–H and O–H groups in total. The molecule has 1 amide bonds. The minimum Gasteiger partial charge on any atom is -0.494 e. The maximum atomic E-state index is 14.0. The number of fused-ring (bicyclic) bond motifs is 1. The zero-order chi connectivity index (χ0) is 25.2. The summed E-state index contributed by atoms with van der Waals surface area (Å²) < 4.78 is 20.5. The fourth-order valence-electron chi connectivity index (χ4n) is 4.12. The molecule has 1 heterocycles. The molecule has 0 fully saturated rings. The summed E-state index contributed by atoms with van der Waals surface area (Å²) in [4.78, 5) is 25.9. The average Bonchev–Trinajstić information content (AvgIpc) is 3.12. The second kappa shape index (κ2) is 13.0. The fraction of sp³-hybridized carbons (Fsp3) is 0.429. The topological polar surface area (TPSA) is 80.6 Å². The summed E-state index contributed by atoms with van der Waals surface area (Å²) in [7, 11) is 0. The molecular weight excluding hydrogens is 447 g/mol. The number of aryl methyl sites for hydroxylation is 1. The summed E-state index contributed by atoms with van der Waals surface area (Å²) in [5, 5.41) is 13.7. The molecule has 0 saturated heterocycles. The minimum absolute atomic E-state index is 0.116. The average molecular weight is 483 g/mol. The van der Waals surface area contributed by atoms with Gasteiger partial charge in [0.25, 0.3) is 0 Å². The van der Waals surface area contributed by atoms with Crippen molar-refractivity contribution < 1.29 is 23.8 Å². The number of hydrogen-bond donors (Lipinski definition) is 2. The molecule has 1 aromatic heterocycles. The Morgan fingerprint density at radius 1 is 0.971 bits per heavy atom. The Labute approximate surface area is 206 Å². The van der Waals surface area contributed by atoms with Gasteiger partial charge in [-0.3, -0.25) is 4.79 Å². The summed E-state index contributed by atoms with van der Waals surface area (Å²) >= 11 is 0. The first-order valence-corrected chi connectivity index (χ1v) is 12.4. The number of unbranched alkanes of at least 4 members (excludes halogenated alkanes) is 7. The van der Waals surface area contributed by atoms with Gasteiger partial charge in [0.05, 0.1) is 11.1 Å². The fourth-order valence-corrected chi connectivity index (χ4v) is 4.12. The number of ketones is 1. The highest BCUT2D eigenvalue weighted by Crippen LogP contribution is 2.32. The summed E-state index contributed by atoms with van der Waals surface area (Å²) in [6.45, 7) is 4.31. The van der Waals surface area contributed by atoms with E-state index in [9.17, 15) is 19.1 Å². The van der Waals surface area contributed by atoms with Crippen molar-refractivity contribution in [1.29, 1.82) is 0 Å². The largest absolute Gasteiger partial charge is 0.494 e. The molecule has 3 aromatic rings. The smallest absolute Gasteiger partial charge is 0.333 e. The summed E-state index contributed by atoms with van der Waals surface area (Å²) in [6, 6.07) is 10.2. The maximum absolute atomic E-state index is 14.0. The van der Waals surface area contributed by atoms with Gasteiger partial charge in [0, 0.05) is 17.7 Å². The number of nitrogens with zero attached hydrogens (tertiary/aromatic N) is 1. The number of Topliss-reactive ketones (excluding diaryl/α,β-unsaturated/α-hetero) is 1. The predicted octanol–water partition coefficient (Wildman–Crippen LogP) is 7.21. The SMILES string of the molecule is CCCCCCCCCCOCC(=O)c1c(O)n(C(=O)Nc2ccc(C)cc2)c2ccc(F)cc12. The standard InChI is InChI=1S/C28H35FN2O4/c1-3-4-5-6-7-8-9-10-17-35-19-25(32)26-23-18-21(29)13-16-24(23)31(27(26)33)28(34)30-22-14-11-20(2)12-15-22/h11-16,18,33H,3-10,17,19H2,1-2H3,(H,30,34). The van der Waals surface area contributed by atoms with Crippen LogP contribution in [0.25, 0.3) is 10.9 Å². The highest BCUT2D eigenvalue weighted by Gasteiger charge is 2.26. The molecular formula is C28H35FN2O4. The lowest BCUT2D eigenvalue weighted by atomic mass is 10.1. The minimum atomic E-state index is -0.651. The molecule has 0 aliphatic heterocycles. The molecule has 0 spiro atoms.